The number of hydrogen-bond acceptors (Lipinski definition) is 6. The van der Waals surface area contributed by atoms with Gasteiger partial charge < -0.3 is 42.2 Å². The Morgan fingerprint density at radius 3 is 2.18 bits per heavy atom. The average molecular weight is 397 g/mol. The van der Waals surface area contributed by atoms with Crippen LogP contribution in [0.1, 0.15) is 24.8 Å². The van der Waals surface area contributed by atoms with Crippen LogP contribution in [0.4, 0.5) is 0 Å². The number of carboxylic acids is 1. The fraction of sp³-hybridized carbons (Fsp3) is 0.500. The Morgan fingerprint density at radius 2 is 1.64 bits per heavy atom. The first-order chi connectivity index (χ1) is 13.3. The Morgan fingerprint density at radius 1 is 1.04 bits per heavy atom. The molecule has 0 aliphatic carbocycles. The highest BCUT2D eigenvalue weighted by molar-refractivity contribution is 5.91. The maximum Gasteiger partial charge on any atom is 0.279 e. The van der Waals surface area contributed by atoms with E-state index in [9.17, 15) is 29.7 Å². The van der Waals surface area contributed by atoms with E-state index in [4.69, 9.17) is 0 Å². The van der Waals surface area contributed by atoms with Crippen LogP contribution in [0, 0.1) is 0 Å². The molecule has 10 heteroatoms. The van der Waals surface area contributed by atoms with E-state index in [0.29, 0.717) is 19.4 Å². The van der Waals surface area contributed by atoms with Gasteiger partial charge in [-0.3, -0.25) is 9.59 Å². The van der Waals surface area contributed by atoms with Gasteiger partial charge in [0.15, 0.2) is 6.04 Å². The number of aromatic hydroxyl groups is 1. The van der Waals surface area contributed by atoms with Gasteiger partial charge in [-0.1, -0.05) is 12.1 Å². The Labute approximate surface area is 162 Å². The first-order valence-corrected chi connectivity index (χ1v) is 9.11. The second kappa shape index (κ2) is 11.9. The minimum Gasteiger partial charge on any atom is -0.548 e. The van der Waals surface area contributed by atoms with E-state index in [0.717, 1.165) is 5.56 Å². The van der Waals surface area contributed by atoms with E-state index in [1.54, 1.807) is 12.1 Å². The lowest BCUT2D eigenvalue weighted by atomic mass is 10.1. The molecule has 2 amide bonds. The summed E-state index contributed by atoms with van der Waals surface area (Å²) in [5.41, 5.74) is 8.17. The summed E-state index contributed by atoms with van der Waals surface area (Å²) in [5, 5.41) is 34.5. The number of unbranched alkanes of at least 4 members (excludes halogenated alkanes) is 1. The second-order valence-electron chi connectivity index (χ2n) is 6.54. The summed E-state index contributed by atoms with van der Waals surface area (Å²) in [6.45, 7) is -0.0445. The molecule has 0 spiro atoms. The molecular weight excluding hydrogens is 368 g/mol. The van der Waals surface area contributed by atoms with Gasteiger partial charge in [-0.15, -0.1) is 0 Å². The van der Waals surface area contributed by atoms with Crippen molar-refractivity contribution in [1.82, 2.24) is 10.6 Å². The number of aliphatic carboxylic acids is 1. The molecule has 0 aliphatic heterocycles. The lowest BCUT2D eigenvalue weighted by Crippen LogP contribution is -2.70. The Kier molecular flexibility index (Phi) is 9.93. The zero-order chi connectivity index (χ0) is 21.1. The minimum absolute atomic E-state index is 0.100. The van der Waals surface area contributed by atoms with Crippen LogP contribution in [0.15, 0.2) is 24.3 Å². The molecule has 3 atom stereocenters. The van der Waals surface area contributed by atoms with E-state index in [1.165, 1.54) is 12.1 Å². The molecule has 0 unspecified atom stereocenters. The molecule has 0 saturated carbocycles. The third-order valence-corrected chi connectivity index (χ3v) is 4.20. The van der Waals surface area contributed by atoms with Crippen molar-refractivity contribution in [1.29, 1.82) is 0 Å². The zero-order valence-electron chi connectivity index (χ0n) is 15.7. The second-order valence-corrected chi connectivity index (χ2v) is 6.54. The van der Waals surface area contributed by atoms with E-state index < -0.39 is 42.5 Å². The highest BCUT2D eigenvalue weighted by Gasteiger charge is 2.27. The molecule has 0 aromatic heterocycles. The van der Waals surface area contributed by atoms with Gasteiger partial charge in [0.05, 0.1) is 25.2 Å². The van der Waals surface area contributed by atoms with E-state index in [2.05, 4.69) is 22.1 Å². The van der Waals surface area contributed by atoms with Crippen molar-refractivity contribution in [2.45, 2.75) is 43.8 Å². The van der Waals surface area contributed by atoms with Crippen LogP contribution in [-0.4, -0.2) is 59.3 Å². The highest BCUT2D eigenvalue weighted by Crippen LogP contribution is 2.10. The number of aliphatic hydroxyl groups excluding tert-OH is 1. The van der Waals surface area contributed by atoms with Gasteiger partial charge in [0.1, 0.15) is 11.8 Å². The number of rotatable bonds is 12. The summed E-state index contributed by atoms with van der Waals surface area (Å²) in [4.78, 5) is 35.7. The Balaban J connectivity index is 2.62. The van der Waals surface area contributed by atoms with Gasteiger partial charge in [-0.25, -0.2) is 0 Å². The molecule has 0 aliphatic rings. The van der Waals surface area contributed by atoms with Crippen molar-refractivity contribution < 1.29 is 41.2 Å². The van der Waals surface area contributed by atoms with Gasteiger partial charge >= 0.3 is 0 Å². The van der Waals surface area contributed by atoms with E-state index in [-0.39, 0.29) is 18.6 Å². The summed E-state index contributed by atoms with van der Waals surface area (Å²) < 4.78 is 0. The van der Waals surface area contributed by atoms with Gasteiger partial charge in [0, 0.05) is 6.42 Å². The van der Waals surface area contributed by atoms with Crippen LogP contribution in [0.3, 0.4) is 0 Å². The summed E-state index contributed by atoms with van der Waals surface area (Å²) in [6.07, 6.45) is 1.69. The number of phenolic OH excluding ortho intramolecular Hbond substituents is 1. The summed E-state index contributed by atoms with van der Waals surface area (Å²) in [6, 6.07) is 3.00. The quantitative estimate of drug-likeness (QED) is 0.193. The van der Waals surface area contributed by atoms with Crippen LogP contribution in [0.2, 0.25) is 0 Å². The molecule has 0 saturated heterocycles. The van der Waals surface area contributed by atoms with Crippen molar-refractivity contribution in [3.63, 3.8) is 0 Å². The standard InChI is InChI=1S/C18H28N4O6/c19-8-2-1-3-14(18(27)28)21-17(26)15(10-23)22-16(25)13(20)9-11-4-6-12(24)7-5-11/h4-7,13-15,23-24H,1-3,8-10,19-20H2,(H,21,26)(H,22,25)(H,27,28)/p+1/t13-,14-,15-/m0/s1. The number of benzene rings is 1. The number of aliphatic hydroxyl groups is 1. The van der Waals surface area contributed by atoms with Gasteiger partial charge in [-0.05, 0) is 37.0 Å². The predicted octanol–water partition coefficient (Wildman–Crippen LogP) is -4.33. The fourth-order valence-corrected chi connectivity index (χ4v) is 2.54. The van der Waals surface area contributed by atoms with Gasteiger partial charge in [-0.2, -0.15) is 0 Å². The van der Waals surface area contributed by atoms with Crippen molar-refractivity contribution in [3.8, 4) is 5.75 Å². The van der Waals surface area contributed by atoms with Crippen LogP contribution >= 0.6 is 0 Å². The number of phenols is 1. The number of carboxylic acid groups (broad SMARTS) is 1. The maximum atomic E-state index is 12.3. The number of carbonyl (C=O) groups excluding carboxylic acids is 3. The molecular formula is C18H29N4O6+. The Bertz CT molecular complexity index is 652. The molecule has 0 radical (unpaired) electrons. The normalized spacial score (nSPS) is 14.0. The van der Waals surface area contributed by atoms with Crippen LogP contribution < -0.4 is 27.2 Å². The van der Waals surface area contributed by atoms with E-state index >= 15 is 0 Å². The molecule has 156 valence electrons. The van der Waals surface area contributed by atoms with E-state index in [1.807, 2.05) is 0 Å². The van der Waals surface area contributed by atoms with Crippen LogP contribution in [0.25, 0.3) is 0 Å². The number of nitrogens with one attached hydrogen (secondary N) is 2. The maximum absolute atomic E-state index is 12.3. The van der Waals surface area contributed by atoms with Gasteiger partial charge in [0.25, 0.3) is 5.91 Å². The molecule has 1 aromatic rings. The first-order valence-electron chi connectivity index (χ1n) is 9.11. The smallest absolute Gasteiger partial charge is 0.279 e. The van der Waals surface area contributed by atoms with Crippen LogP contribution in [0.5, 0.6) is 5.75 Å². The number of quaternary nitrogens is 2. The first kappa shape index (κ1) is 23.3. The number of amides is 2. The topological polar surface area (TPSA) is 194 Å². The third-order valence-electron chi connectivity index (χ3n) is 4.20. The predicted molar refractivity (Wildman–Crippen MR) is 96.0 cm³/mol. The monoisotopic (exact) mass is 397 g/mol. The van der Waals surface area contributed by atoms with Crippen molar-refractivity contribution in [2.24, 2.45) is 0 Å². The third kappa shape index (κ3) is 7.91. The van der Waals surface area contributed by atoms with Crippen molar-refractivity contribution >= 4 is 17.8 Å². The molecule has 1 aromatic carbocycles. The lowest BCUT2D eigenvalue weighted by molar-refractivity contribution is -0.403. The summed E-state index contributed by atoms with van der Waals surface area (Å²) >= 11 is 0. The minimum atomic E-state index is -1.43. The Hall–Kier alpha value is -2.69. The van der Waals surface area contributed by atoms with Gasteiger partial charge in [0.2, 0.25) is 5.91 Å². The zero-order valence-corrected chi connectivity index (χ0v) is 15.7. The molecule has 0 heterocycles. The highest BCUT2D eigenvalue weighted by atomic mass is 16.4. The lowest BCUT2D eigenvalue weighted by Gasteiger charge is -2.23. The number of hydrogen-bond donors (Lipinski definition) is 6. The summed E-state index contributed by atoms with van der Waals surface area (Å²) in [7, 11) is 0. The molecule has 1 rings (SSSR count). The molecule has 10 N–H and O–H groups in total. The fourth-order valence-electron chi connectivity index (χ4n) is 2.54. The molecule has 0 bridgehead atoms. The largest absolute Gasteiger partial charge is 0.548 e. The molecule has 0 fully saturated rings. The number of carbonyl (C=O) groups is 3. The van der Waals surface area contributed by atoms with Crippen molar-refractivity contribution in [2.75, 3.05) is 13.2 Å². The van der Waals surface area contributed by atoms with Crippen LogP contribution in [-0.2, 0) is 20.8 Å². The molecule has 28 heavy (non-hydrogen) atoms. The summed E-state index contributed by atoms with van der Waals surface area (Å²) in [5.74, 6) is -2.70. The SMILES string of the molecule is [NH3+]CCCC[C@H](NC(=O)[C@H](CO)NC(=O)[C@@H]([NH3+])Cc1ccc(O)cc1)C(=O)[O-]. The molecule has 10 nitrogen and oxygen atoms in total. The van der Waals surface area contributed by atoms with Crippen molar-refractivity contribution in [3.05, 3.63) is 29.8 Å². The average Bonchev–Trinajstić information content (AvgIpc) is 2.66.